The van der Waals surface area contributed by atoms with Gasteiger partial charge in [0.2, 0.25) is 0 Å². The van der Waals surface area contributed by atoms with Gasteiger partial charge in [0.15, 0.2) is 0 Å². The number of methoxy groups -OCH3 is 2. The molecule has 0 aliphatic carbocycles. The highest BCUT2D eigenvalue weighted by Crippen LogP contribution is 2.26. The molecule has 0 N–H and O–H groups in total. The summed E-state index contributed by atoms with van der Waals surface area (Å²) >= 11 is 1.63. The fourth-order valence-corrected chi connectivity index (χ4v) is 3.22. The molecule has 0 unspecified atom stereocenters. The van der Waals surface area contributed by atoms with Crippen molar-refractivity contribution in [2.75, 3.05) is 19.1 Å². The van der Waals surface area contributed by atoms with E-state index in [1.54, 1.807) is 42.6 Å². The average molecular weight is 353 g/mol. The van der Waals surface area contributed by atoms with Crippen molar-refractivity contribution in [3.8, 4) is 11.5 Å². The first-order valence-electron chi connectivity index (χ1n) is 7.83. The van der Waals surface area contributed by atoms with E-state index in [-0.39, 0.29) is 5.91 Å². The topological polar surface area (TPSA) is 38.8 Å². The molecule has 2 aromatic carbocycles. The number of benzene rings is 2. The second-order valence-electron chi connectivity index (χ2n) is 5.40. The Labute approximate surface area is 151 Å². The van der Waals surface area contributed by atoms with Crippen LogP contribution in [0.25, 0.3) is 0 Å². The predicted octanol–water partition coefficient (Wildman–Crippen LogP) is 4.61. The zero-order valence-corrected chi connectivity index (χ0v) is 15.0. The number of hydrogen-bond acceptors (Lipinski definition) is 4. The summed E-state index contributed by atoms with van der Waals surface area (Å²) in [5.74, 6) is 1.29. The summed E-state index contributed by atoms with van der Waals surface area (Å²) in [5.41, 5.74) is 1.37. The number of ether oxygens (including phenoxy) is 2. The van der Waals surface area contributed by atoms with Gasteiger partial charge in [0, 0.05) is 22.2 Å². The van der Waals surface area contributed by atoms with E-state index in [4.69, 9.17) is 9.47 Å². The summed E-state index contributed by atoms with van der Waals surface area (Å²) in [6.45, 7) is 0.501. The molecule has 1 amide bonds. The second-order valence-corrected chi connectivity index (χ2v) is 6.44. The van der Waals surface area contributed by atoms with E-state index in [9.17, 15) is 4.79 Å². The SMILES string of the molecule is COc1cccc(C(=O)N(Cc2cccs2)c2cccc(OC)c2)c1. The third-order valence-electron chi connectivity index (χ3n) is 3.82. The Kier molecular flexibility index (Phi) is 5.36. The Bertz CT molecular complexity index is 846. The van der Waals surface area contributed by atoms with Gasteiger partial charge in [-0.15, -0.1) is 11.3 Å². The molecule has 128 valence electrons. The fraction of sp³-hybridized carbons (Fsp3) is 0.150. The predicted molar refractivity (Wildman–Crippen MR) is 101 cm³/mol. The van der Waals surface area contributed by atoms with E-state index < -0.39 is 0 Å². The molecule has 0 aliphatic heterocycles. The third-order valence-corrected chi connectivity index (χ3v) is 4.68. The molecule has 0 saturated carbocycles. The summed E-state index contributed by atoms with van der Waals surface area (Å²) in [6, 6.07) is 18.7. The van der Waals surface area contributed by atoms with Gasteiger partial charge in [-0.25, -0.2) is 0 Å². The summed E-state index contributed by atoms with van der Waals surface area (Å²) in [5, 5.41) is 2.01. The number of hydrogen-bond donors (Lipinski definition) is 0. The van der Waals surface area contributed by atoms with Gasteiger partial charge in [0.05, 0.1) is 20.8 Å². The quantitative estimate of drug-likeness (QED) is 0.649. The molecule has 1 aromatic heterocycles. The van der Waals surface area contributed by atoms with Gasteiger partial charge >= 0.3 is 0 Å². The monoisotopic (exact) mass is 353 g/mol. The van der Waals surface area contributed by atoms with Crippen molar-refractivity contribution in [3.05, 3.63) is 76.5 Å². The average Bonchev–Trinajstić information content (AvgIpc) is 3.19. The smallest absolute Gasteiger partial charge is 0.258 e. The van der Waals surface area contributed by atoms with Crippen LogP contribution in [0.1, 0.15) is 15.2 Å². The molecule has 0 bridgehead atoms. The molecule has 4 nitrogen and oxygen atoms in total. The number of carbonyl (C=O) groups excluding carboxylic acids is 1. The van der Waals surface area contributed by atoms with Crippen molar-refractivity contribution >= 4 is 22.9 Å². The number of anilines is 1. The van der Waals surface area contributed by atoms with Crippen LogP contribution in [0.5, 0.6) is 11.5 Å². The largest absolute Gasteiger partial charge is 0.497 e. The van der Waals surface area contributed by atoms with Crippen LogP contribution in [-0.4, -0.2) is 20.1 Å². The Balaban J connectivity index is 1.98. The van der Waals surface area contributed by atoms with Crippen molar-refractivity contribution in [3.63, 3.8) is 0 Å². The van der Waals surface area contributed by atoms with E-state index in [0.29, 0.717) is 23.6 Å². The van der Waals surface area contributed by atoms with Crippen LogP contribution in [0.2, 0.25) is 0 Å². The van der Waals surface area contributed by atoms with Crippen LogP contribution >= 0.6 is 11.3 Å². The van der Waals surface area contributed by atoms with Gasteiger partial charge in [-0.3, -0.25) is 4.79 Å². The minimum atomic E-state index is -0.0828. The summed E-state index contributed by atoms with van der Waals surface area (Å²) in [4.78, 5) is 16.0. The van der Waals surface area contributed by atoms with E-state index in [2.05, 4.69) is 0 Å². The molecule has 3 rings (SSSR count). The highest BCUT2D eigenvalue weighted by molar-refractivity contribution is 7.09. The van der Waals surface area contributed by atoms with Crippen molar-refractivity contribution < 1.29 is 14.3 Å². The number of carbonyl (C=O) groups is 1. The maximum atomic E-state index is 13.2. The first-order valence-corrected chi connectivity index (χ1v) is 8.71. The molecule has 0 saturated heterocycles. The first kappa shape index (κ1) is 17.0. The van der Waals surface area contributed by atoms with Crippen molar-refractivity contribution in [2.24, 2.45) is 0 Å². The van der Waals surface area contributed by atoms with Gasteiger partial charge in [-0.1, -0.05) is 18.2 Å². The standard InChI is InChI=1S/C20H19NO3S/c1-23-17-8-3-6-15(12-17)20(22)21(14-19-10-5-11-25-19)16-7-4-9-18(13-16)24-2/h3-13H,14H2,1-2H3. The number of rotatable bonds is 6. The molecule has 5 heteroatoms. The van der Waals surface area contributed by atoms with E-state index in [1.165, 1.54) is 0 Å². The van der Waals surface area contributed by atoms with Crippen LogP contribution in [-0.2, 0) is 6.54 Å². The van der Waals surface area contributed by atoms with Crippen LogP contribution in [0.4, 0.5) is 5.69 Å². The Morgan fingerprint density at radius 2 is 1.68 bits per heavy atom. The lowest BCUT2D eigenvalue weighted by Gasteiger charge is -2.23. The zero-order chi connectivity index (χ0) is 17.6. The molecule has 0 radical (unpaired) electrons. The molecule has 0 atom stereocenters. The van der Waals surface area contributed by atoms with Gasteiger partial charge < -0.3 is 14.4 Å². The van der Waals surface area contributed by atoms with Gasteiger partial charge in [-0.05, 0) is 41.8 Å². The van der Waals surface area contributed by atoms with Gasteiger partial charge in [-0.2, -0.15) is 0 Å². The molecule has 0 aliphatic rings. The highest BCUT2D eigenvalue weighted by Gasteiger charge is 2.19. The van der Waals surface area contributed by atoms with Crippen molar-refractivity contribution in [2.45, 2.75) is 6.54 Å². The molecule has 25 heavy (non-hydrogen) atoms. The number of amides is 1. The number of thiophene rings is 1. The number of nitrogens with zero attached hydrogens (tertiary/aromatic N) is 1. The lowest BCUT2D eigenvalue weighted by atomic mass is 10.1. The molecular weight excluding hydrogens is 334 g/mol. The molecule has 1 heterocycles. The Morgan fingerprint density at radius 1 is 0.960 bits per heavy atom. The van der Waals surface area contributed by atoms with Crippen LogP contribution in [0.15, 0.2) is 66.0 Å². The van der Waals surface area contributed by atoms with E-state index in [0.717, 1.165) is 10.6 Å². The van der Waals surface area contributed by atoms with E-state index in [1.807, 2.05) is 53.9 Å². The lowest BCUT2D eigenvalue weighted by molar-refractivity contribution is 0.0985. The normalized spacial score (nSPS) is 10.3. The second kappa shape index (κ2) is 7.85. The third kappa shape index (κ3) is 4.00. The lowest BCUT2D eigenvalue weighted by Crippen LogP contribution is -2.30. The summed E-state index contributed by atoms with van der Waals surface area (Å²) < 4.78 is 10.6. The van der Waals surface area contributed by atoms with Crippen LogP contribution < -0.4 is 14.4 Å². The molecule has 3 aromatic rings. The Hall–Kier alpha value is -2.79. The van der Waals surface area contributed by atoms with Crippen molar-refractivity contribution in [1.82, 2.24) is 0 Å². The first-order chi connectivity index (χ1) is 12.2. The highest BCUT2D eigenvalue weighted by atomic mass is 32.1. The molecular formula is C20H19NO3S. The molecule has 0 fully saturated rings. The van der Waals surface area contributed by atoms with Crippen LogP contribution in [0, 0.1) is 0 Å². The fourth-order valence-electron chi connectivity index (χ4n) is 2.53. The Morgan fingerprint density at radius 3 is 2.36 bits per heavy atom. The molecule has 0 spiro atoms. The van der Waals surface area contributed by atoms with Crippen molar-refractivity contribution in [1.29, 1.82) is 0 Å². The summed E-state index contributed by atoms with van der Waals surface area (Å²) in [7, 11) is 3.21. The van der Waals surface area contributed by atoms with Crippen LogP contribution in [0.3, 0.4) is 0 Å². The van der Waals surface area contributed by atoms with Gasteiger partial charge in [0.1, 0.15) is 11.5 Å². The van der Waals surface area contributed by atoms with Gasteiger partial charge in [0.25, 0.3) is 5.91 Å². The maximum absolute atomic E-state index is 13.2. The minimum Gasteiger partial charge on any atom is -0.497 e. The summed E-state index contributed by atoms with van der Waals surface area (Å²) in [6.07, 6.45) is 0. The minimum absolute atomic E-state index is 0.0828. The van der Waals surface area contributed by atoms with E-state index >= 15 is 0 Å². The zero-order valence-electron chi connectivity index (χ0n) is 14.1. The maximum Gasteiger partial charge on any atom is 0.258 e.